The average Bonchev–Trinajstić information content (AvgIpc) is 3.20. The van der Waals surface area contributed by atoms with Gasteiger partial charge in [-0.2, -0.15) is 5.26 Å². The number of Topliss-reactive ketones (excluding diaryl/α,β-unsaturated/α-hetero) is 1. The van der Waals surface area contributed by atoms with Gasteiger partial charge >= 0.3 is 0 Å². The largest absolute Gasteiger partial charge is 0.497 e. The normalized spacial score (nSPS) is 10.9. The molecular weight excluding hydrogens is 360 g/mol. The van der Waals surface area contributed by atoms with Crippen molar-refractivity contribution in [2.75, 3.05) is 7.11 Å². The van der Waals surface area contributed by atoms with Crippen LogP contribution in [0, 0.1) is 21.4 Å². The lowest BCUT2D eigenvalue weighted by atomic mass is 10.0. The summed E-state index contributed by atoms with van der Waals surface area (Å²) in [7, 11) is 1.52. The summed E-state index contributed by atoms with van der Waals surface area (Å²) in [6.07, 6.45) is 1.31. The number of benzene rings is 2. The molecule has 0 amide bonds. The Kier molecular flexibility index (Phi) is 5.33. The minimum Gasteiger partial charge on any atom is -0.497 e. The molecule has 0 N–H and O–H groups in total. The van der Waals surface area contributed by atoms with Gasteiger partial charge in [0.25, 0.3) is 5.69 Å². The number of nitriles is 1. The maximum Gasteiger partial charge on any atom is 0.280 e. The standard InChI is InChI=1S/C21H14N2O5/c1-27-16-8-6-14(7-9-16)21(24)15(13-22)12-17-10-11-20(28-17)18-4-2-3-5-19(18)23(25)26/h2-12H,1H3/b15-12+. The number of hydrogen-bond acceptors (Lipinski definition) is 6. The highest BCUT2D eigenvalue weighted by atomic mass is 16.6. The number of nitro benzene ring substituents is 1. The first-order valence-electron chi connectivity index (χ1n) is 8.17. The molecule has 0 radical (unpaired) electrons. The van der Waals surface area contributed by atoms with Gasteiger partial charge in [-0.25, -0.2) is 0 Å². The zero-order chi connectivity index (χ0) is 20.1. The van der Waals surface area contributed by atoms with Crippen molar-refractivity contribution < 1.29 is 18.9 Å². The highest BCUT2D eigenvalue weighted by Crippen LogP contribution is 2.31. The van der Waals surface area contributed by atoms with Gasteiger partial charge in [0.1, 0.15) is 28.9 Å². The quantitative estimate of drug-likeness (QED) is 0.204. The van der Waals surface area contributed by atoms with E-state index >= 15 is 0 Å². The summed E-state index contributed by atoms with van der Waals surface area (Å²) in [6.45, 7) is 0. The van der Waals surface area contributed by atoms with Crippen molar-refractivity contribution in [2.24, 2.45) is 0 Å². The zero-order valence-electron chi connectivity index (χ0n) is 14.8. The number of carbonyl (C=O) groups is 1. The van der Waals surface area contributed by atoms with Crippen LogP contribution in [-0.4, -0.2) is 17.8 Å². The van der Waals surface area contributed by atoms with E-state index < -0.39 is 10.7 Å². The van der Waals surface area contributed by atoms with Gasteiger partial charge in [-0.15, -0.1) is 0 Å². The minimum absolute atomic E-state index is 0.0952. The lowest BCUT2D eigenvalue weighted by Gasteiger charge is -2.02. The minimum atomic E-state index is -0.499. The molecule has 3 aromatic rings. The van der Waals surface area contributed by atoms with Crippen LogP contribution >= 0.6 is 0 Å². The van der Waals surface area contributed by atoms with Crippen LogP contribution in [0.3, 0.4) is 0 Å². The molecule has 0 atom stereocenters. The molecule has 28 heavy (non-hydrogen) atoms. The Morgan fingerprint density at radius 1 is 1.14 bits per heavy atom. The van der Waals surface area contributed by atoms with Crippen LogP contribution in [0.25, 0.3) is 17.4 Å². The van der Waals surface area contributed by atoms with E-state index in [1.165, 1.54) is 19.3 Å². The van der Waals surface area contributed by atoms with Crippen molar-refractivity contribution in [3.8, 4) is 23.1 Å². The monoisotopic (exact) mass is 374 g/mol. The number of carbonyl (C=O) groups excluding carboxylic acids is 1. The molecule has 2 aromatic carbocycles. The fourth-order valence-corrected chi connectivity index (χ4v) is 2.61. The fourth-order valence-electron chi connectivity index (χ4n) is 2.61. The Morgan fingerprint density at radius 2 is 1.86 bits per heavy atom. The Labute approximate surface area is 160 Å². The highest BCUT2D eigenvalue weighted by Gasteiger charge is 2.18. The first-order valence-corrected chi connectivity index (χ1v) is 8.17. The zero-order valence-corrected chi connectivity index (χ0v) is 14.8. The van der Waals surface area contributed by atoms with E-state index in [0.717, 1.165) is 0 Å². The Bertz CT molecular complexity index is 1100. The SMILES string of the molecule is COc1ccc(C(=O)/C(C#N)=C/c2ccc(-c3ccccc3[N+](=O)[O-])o2)cc1. The molecule has 0 aliphatic rings. The van der Waals surface area contributed by atoms with Crippen LogP contribution < -0.4 is 4.74 Å². The van der Waals surface area contributed by atoms with Gasteiger partial charge in [0.05, 0.1) is 17.6 Å². The number of nitrogens with zero attached hydrogens (tertiary/aromatic N) is 2. The van der Waals surface area contributed by atoms with E-state index in [1.54, 1.807) is 54.6 Å². The van der Waals surface area contributed by atoms with E-state index in [9.17, 15) is 20.2 Å². The van der Waals surface area contributed by atoms with Crippen molar-refractivity contribution >= 4 is 17.5 Å². The number of methoxy groups -OCH3 is 1. The Balaban J connectivity index is 1.91. The summed E-state index contributed by atoms with van der Waals surface area (Å²) in [5, 5.41) is 20.5. The molecule has 1 aromatic heterocycles. The molecule has 0 fully saturated rings. The van der Waals surface area contributed by atoms with Gasteiger partial charge in [0, 0.05) is 17.7 Å². The summed E-state index contributed by atoms with van der Waals surface area (Å²) in [4.78, 5) is 23.2. The number of ether oxygens (including phenoxy) is 1. The molecule has 0 saturated carbocycles. The molecule has 7 nitrogen and oxygen atoms in total. The predicted octanol–water partition coefficient (Wildman–Crippen LogP) is 4.65. The van der Waals surface area contributed by atoms with Crippen LogP contribution in [-0.2, 0) is 0 Å². The first-order chi connectivity index (χ1) is 13.5. The average molecular weight is 374 g/mol. The molecule has 0 aliphatic carbocycles. The molecule has 138 valence electrons. The van der Waals surface area contributed by atoms with E-state index in [-0.39, 0.29) is 22.8 Å². The topological polar surface area (TPSA) is 106 Å². The fraction of sp³-hybridized carbons (Fsp3) is 0.0476. The first kappa shape index (κ1) is 18.6. The van der Waals surface area contributed by atoms with E-state index in [2.05, 4.69) is 0 Å². The summed E-state index contributed by atoms with van der Waals surface area (Å²) >= 11 is 0. The summed E-state index contributed by atoms with van der Waals surface area (Å²) in [6, 6.07) is 17.5. The summed E-state index contributed by atoms with van der Waals surface area (Å²) in [5.74, 6) is 0.646. The molecular formula is C21H14N2O5. The van der Waals surface area contributed by atoms with Crippen LogP contribution in [0.15, 0.2) is 70.7 Å². The molecule has 0 spiro atoms. The van der Waals surface area contributed by atoms with Gasteiger partial charge < -0.3 is 9.15 Å². The maximum absolute atomic E-state index is 12.5. The van der Waals surface area contributed by atoms with Crippen molar-refractivity contribution in [1.82, 2.24) is 0 Å². The third-order valence-electron chi connectivity index (χ3n) is 4.00. The second kappa shape index (κ2) is 8.01. The van der Waals surface area contributed by atoms with Gasteiger partial charge in [0.15, 0.2) is 0 Å². The van der Waals surface area contributed by atoms with Gasteiger partial charge in [-0.1, -0.05) is 12.1 Å². The number of nitro groups is 1. The third-order valence-corrected chi connectivity index (χ3v) is 4.00. The van der Waals surface area contributed by atoms with Crippen LogP contribution in [0.5, 0.6) is 5.75 Å². The number of hydrogen-bond donors (Lipinski definition) is 0. The molecule has 0 saturated heterocycles. The van der Waals surface area contributed by atoms with Crippen molar-refractivity contribution in [1.29, 1.82) is 5.26 Å². The highest BCUT2D eigenvalue weighted by molar-refractivity contribution is 6.13. The van der Waals surface area contributed by atoms with Crippen LogP contribution in [0.4, 0.5) is 5.69 Å². The summed E-state index contributed by atoms with van der Waals surface area (Å²) in [5.41, 5.74) is 0.432. The van der Waals surface area contributed by atoms with Crippen LogP contribution in [0.2, 0.25) is 0 Å². The van der Waals surface area contributed by atoms with E-state index in [0.29, 0.717) is 16.9 Å². The lowest BCUT2D eigenvalue weighted by molar-refractivity contribution is -0.384. The van der Waals surface area contributed by atoms with E-state index in [1.807, 2.05) is 6.07 Å². The van der Waals surface area contributed by atoms with Crippen LogP contribution in [0.1, 0.15) is 16.1 Å². The summed E-state index contributed by atoms with van der Waals surface area (Å²) < 4.78 is 10.7. The number of ketones is 1. The third kappa shape index (κ3) is 3.81. The Morgan fingerprint density at radius 3 is 2.50 bits per heavy atom. The lowest BCUT2D eigenvalue weighted by Crippen LogP contribution is -2.01. The molecule has 3 rings (SSSR count). The number of para-hydroxylation sites is 1. The van der Waals surface area contributed by atoms with E-state index in [4.69, 9.17) is 9.15 Å². The van der Waals surface area contributed by atoms with Gasteiger partial charge in [0.2, 0.25) is 5.78 Å². The second-order valence-electron chi connectivity index (χ2n) is 5.70. The predicted molar refractivity (Wildman–Crippen MR) is 102 cm³/mol. The Hall–Kier alpha value is -4.18. The van der Waals surface area contributed by atoms with Crippen molar-refractivity contribution in [3.05, 3.63) is 87.7 Å². The van der Waals surface area contributed by atoms with Crippen molar-refractivity contribution in [2.45, 2.75) is 0 Å². The molecule has 1 heterocycles. The van der Waals surface area contributed by atoms with Gasteiger partial charge in [-0.3, -0.25) is 14.9 Å². The smallest absolute Gasteiger partial charge is 0.280 e. The second-order valence-corrected chi connectivity index (χ2v) is 5.70. The number of allylic oxidation sites excluding steroid dienone is 1. The van der Waals surface area contributed by atoms with Crippen molar-refractivity contribution in [3.63, 3.8) is 0 Å². The molecule has 0 aliphatic heterocycles. The maximum atomic E-state index is 12.5. The number of rotatable bonds is 6. The molecule has 0 bridgehead atoms. The molecule has 0 unspecified atom stereocenters. The molecule has 7 heteroatoms. The van der Waals surface area contributed by atoms with Gasteiger partial charge in [-0.05, 0) is 42.5 Å². The number of furan rings is 1.